The number of aliphatic carboxylic acids is 1. The van der Waals surface area contributed by atoms with E-state index in [0.29, 0.717) is 6.42 Å². The van der Waals surface area contributed by atoms with Crippen LogP contribution in [0.2, 0.25) is 0 Å². The third-order valence-corrected chi connectivity index (χ3v) is 4.16. The van der Waals surface area contributed by atoms with Crippen molar-refractivity contribution in [2.45, 2.75) is 57.2 Å². The maximum atomic E-state index is 12.4. The Morgan fingerprint density at radius 2 is 1.69 bits per heavy atom. The van der Waals surface area contributed by atoms with Crippen LogP contribution in [-0.2, 0) is 38.4 Å². The number of nitrogens with one attached hydrogen (secondary N) is 2. The number of carbonyl (C=O) groups excluding carboxylic acids is 4. The molecule has 18 nitrogen and oxygen atoms in total. The molecule has 0 spiro atoms. The van der Waals surface area contributed by atoms with E-state index in [2.05, 4.69) is 20.3 Å². The number of unbranched alkanes of at least 4 members (excludes halogenated alkanes) is 1. The molecule has 0 aliphatic heterocycles. The summed E-state index contributed by atoms with van der Waals surface area (Å²) in [5, 5.41) is 31.7. The number of hydrogen-bond acceptors (Lipinski definition) is 13. The molecule has 0 saturated heterocycles. The molecule has 0 aromatic carbocycles. The van der Waals surface area contributed by atoms with Crippen molar-refractivity contribution in [3.8, 4) is 0 Å². The van der Waals surface area contributed by atoms with Crippen molar-refractivity contribution in [2.75, 3.05) is 19.8 Å². The second-order valence-corrected chi connectivity index (χ2v) is 7.01. The SMILES string of the molecule is CC(=O)C(=O)NCCCC[C@H](NC(=O)CC[C@H](N)C(=O)O)C(=O)OC[C@@H](CO[N+](=O)[O-])O[N+](=O)[O-]. The fourth-order valence-corrected chi connectivity index (χ4v) is 2.38. The van der Waals surface area contributed by atoms with Crippen LogP contribution < -0.4 is 16.4 Å². The number of nitrogens with two attached hydrogens (primary N) is 1. The Kier molecular flexibility index (Phi) is 14.6. The molecule has 18 heteroatoms. The van der Waals surface area contributed by atoms with E-state index in [-0.39, 0.29) is 32.2 Å². The molecule has 0 unspecified atom stereocenters. The maximum absolute atomic E-state index is 12.4. The summed E-state index contributed by atoms with van der Waals surface area (Å²) in [6.45, 7) is -0.557. The van der Waals surface area contributed by atoms with Gasteiger partial charge in [0.2, 0.25) is 11.7 Å². The van der Waals surface area contributed by atoms with E-state index in [1.54, 1.807) is 0 Å². The maximum Gasteiger partial charge on any atom is 0.328 e. The van der Waals surface area contributed by atoms with Gasteiger partial charge in [0.25, 0.3) is 16.1 Å². The average Bonchev–Trinajstić information content (AvgIpc) is 2.77. The van der Waals surface area contributed by atoms with Crippen molar-refractivity contribution in [1.82, 2.24) is 10.6 Å². The van der Waals surface area contributed by atoms with Crippen LogP contribution in [0.4, 0.5) is 0 Å². The number of rotatable bonds is 19. The molecule has 0 aliphatic carbocycles. The van der Waals surface area contributed by atoms with Gasteiger partial charge in [-0.1, -0.05) is 0 Å². The summed E-state index contributed by atoms with van der Waals surface area (Å²) in [6.07, 6.45) is -1.69. The highest BCUT2D eigenvalue weighted by Gasteiger charge is 2.25. The fourth-order valence-electron chi connectivity index (χ4n) is 2.38. The smallest absolute Gasteiger partial charge is 0.328 e. The number of carbonyl (C=O) groups is 5. The van der Waals surface area contributed by atoms with Crippen molar-refractivity contribution in [2.24, 2.45) is 5.73 Å². The fraction of sp³-hybridized carbons (Fsp3) is 0.706. The van der Waals surface area contributed by atoms with Gasteiger partial charge in [-0.3, -0.25) is 19.2 Å². The van der Waals surface area contributed by atoms with E-state index in [0.717, 1.165) is 6.92 Å². The Morgan fingerprint density at radius 1 is 1.03 bits per heavy atom. The first-order valence-corrected chi connectivity index (χ1v) is 10.1. The first kappa shape index (κ1) is 30.9. The van der Waals surface area contributed by atoms with Gasteiger partial charge < -0.3 is 35.9 Å². The lowest BCUT2D eigenvalue weighted by Gasteiger charge is -2.20. The molecule has 0 aromatic rings. The Hall–Kier alpha value is -4.09. The van der Waals surface area contributed by atoms with Gasteiger partial charge >= 0.3 is 11.9 Å². The first-order valence-electron chi connectivity index (χ1n) is 10.1. The van der Waals surface area contributed by atoms with Gasteiger partial charge in [0.05, 0.1) is 0 Å². The van der Waals surface area contributed by atoms with Crippen molar-refractivity contribution < 1.29 is 53.7 Å². The van der Waals surface area contributed by atoms with E-state index in [1.165, 1.54) is 0 Å². The standard InChI is InChI=1S/C17H27N5O13/c1-10(23)15(25)19-7-3-2-4-13(20-14(24)6-5-12(18)16(26)27)17(28)33-8-11(35-22(31)32)9-34-21(29)30/h11-13H,2-9,18H2,1H3,(H,19,25)(H,20,24)(H,26,27)/t11-,12-,13-/m0/s1. The third-order valence-electron chi connectivity index (χ3n) is 4.16. The minimum atomic E-state index is -1.63. The number of carboxylic acids is 1. The zero-order valence-electron chi connectivity index (χ0n) is 18.7. The monoisotopic (exact) mass is 509 g/mol. The van der Waals surface area contributed by atoms with Crippen molar-refractivity contribution in [3.63, 3.8) is 0 Å². The normalized spacial score (nSPS) is 12.9. The number of Topliss-reactive ketones (excluding diaryl/α,β-unsaturated/α-hetero) is 1. The van der Waals surface area contributed by atoms with Crippen LogP contribution in [0.3, 0.4) is 0 Å². The lowest BCUT2D eigenvalue weighted by Crippen LogP contribution is -2.44. The Morgan fingerprint density at radius 3 is 2.23 bits per heavy atom. The molecule has 0 heterocycles. The van der Waals surface area contributed by atoms with Crippen LogP contribution in [0.1, 0.15) is 39.0 Å². The molecule has 0 rings (SSSR count). The van der Waals surface area contributed by atoms with Crippen LogP contribution in [0, 0.1) is 20.2 Å². The summed E-state index contributed by atoms with van der Waals surface area (Å²) in [7, 11) is 0. The van der Waals surface area contributed by atoms with Crippen LogP contribution in [0.5, 0.6) is 0 Å². The molecule has 3 atom stereocenters. The minimum absolute atomic E-state index is 0.0301. The van der Waals surface area contributed by atoms with E-state index >= 15 is 0 Å². The van der Waals surface area contributed by atoms with Crippen molar-refractivity contribution >= 4 is 29.5 Å². The van der Waals surface area contributed by atoms with Gasteiger partial charge in [0, 0.05) is 19.9 Å². The topological polar surface area (TPSA) is 270 Å². The van der Waals surface area contributed by atoms with E-state index in [4.69, 9.17) is 15.6 Å². The van der Waals surface area contributed by atoms with Crippen molar-refractivity contribution in [1.29, 1.82) is 0 Å². The van der Waals surface area contributed by atoms with Gasteiger partial charge in [-0.2, -0.15) is 0 Å². The summed E-state index contributed by atoms with van der Waals surface area (Å²) in [5.41, 5.74) is 5.33. The summed E-state index contributed by atoms with van der Waals surface area (Å²) in [4.78, 5) is 86.4. The quantitative estimate of drug-likeness (QED) is 0.0476. The number of hydrogen-bond donors (Lipinski definition) is 4. The van der Waals surface area contributed by atoms with E-state index in [1.807, 2.05) is 0 Å². The van der Waals surface area contributed by atoms with Crippen LogP contribution in [-0.4, -0.2) is 82.8 Å². The van der Waals surface area contributed by atoms with E-state index < -0.39 is 71.1 Å². The number of ketones is 1. The molecule has 0 bridgehead atoms. The molecule has 2 amide bonds. The summed E-state index contributed by atoms with van der Waals surface area (Å²) >= 11 is 0. The molecule has 0 saturated carbocycles. The van der Waals surface area contributed by atoms with E-state index in [9.17, 15) is 44.2 Å². The summed E-state index contributed by atoms with van der Waals surface area (Å²) in [6, 6.07) is -2.60. The first-order chi connectivity index (χ1) is 16.3. The zero-order chi connectivity index (χ0) is 27.0. The van der Waals surface area contributed by atoms with Gasteiger partial charge in [-0.25, -0.2) is 4.79 Å². The Balaban J connectivity index is 5.00. The molecule has 0 radical (unpaired) electrons. The van der Waals surface area contributed by atoms with Gasteiger partial charge in [0.1, 0.15) is 25.3 Å². The summed E-state index contributed by atoms with van der Waals surface area (Å²) in [5.74, 6) is -4.60. The molecular formula is C17H27N5O13. The highest BCUT2D eigenvalue weighted by Crippen LogP contribution is 2.07. The number of ether oxygens (including phenoxy) is 1. The lowest BCUT2D eigenvalue weighted by atomic mass is 10.1. The second kappa shape index (κ2) is 16.5. The molecular weight excluding hydrogens is 482 g/mol. The second-order valence-electron chi connectivity index (χ2n) is 7.01. The molecule has 35 heavy (non-hydrogen) atoms. The number of carboxylic acid groups (broad SMARTS) is 1. The summed E-state index contributed by atoms with van der Waals surface area (Å²) < 4.78 is 4.87. The number of amides is 2. The Labute approximate surface area is 197 Å². The lowest BCUT2D eigenvalue weighted by molar-refractivity contribution is -0.790. The molecule has 0 aliphatic rings. The van der Waals surface area contributed by atoms with Gasteiger partial charge in [-0.15, -0.1) is 20.2 Å². The van der Waals surface area contributed by atoms with Crippen LogP contribution >= 0.6 is 0 Å². The van der Waals surface area contributed by atoms with Crippen molar-refractivity contribution in [3.05, 3.63) is 20.2 Å². The molecule has 0 fully saturated rings. The minimum Gasteiger partial charge on any atom is -0.480 e. The molecule has 198 valence electrons. The number of esters is 1. The van der Waals surface area contributed by atoms with Gasteiger partial charge in [0.15, 0.2) is 6.10 Å². The third kappa shape index (κ3) is 15.4. The van der Waals surface area contributed by atoms with Crippen LogP contribution in [0.25, 0.3) is 0 Å². The highest BCUT2D eigenvalue weighted by molar-refractivity contribution is 6.35. The Bertz CT molecular complexity index is 790. The molecule has 5 N–H and O–H groups in total. The zero-order valence-corrected chi connectivity index (χ0v) is 18.7. The predicted octanol–water partition coefficient (Wildman–Crippen LogP) is -2.13. The molecule has 0 aromatic heterocycles. The highest BCUT2D eigenvalue weighted by atomic mass is 17.0. The van der Waals surface area contributed by atoms with Gasteiger partial charge in [-0.05, 0) is 25.7 Å². The van der Waals surface area contributed by atoms with Crippen LogP contribution in [0.15, 0.2) is 0 Å². The predicted molar refractivity (Wildman–Crippen MR) is 110 cm³/mol. The number of nitrogens with zero attached hydrogens (tertiary/aromatic N) is 2. The largest absolute Gasteiger partial charge is 0.480 e. The average molecular weight is 509 g/mol.